The SMILES string of the molecule is Cc1c(C)c2c(c(C)c1O)CCC(C)(C(=O)NC(CCCN=C(N)N)C(=O)O)O2.Cl. The summed E-state index contributed by atoms with van der Waals surface area (Å²) in [5.41, 5.74) is 12.4. The molecule has 2 rings (SSSR count). The molecule has 0 spiro atoms. The molecule has 7 N–H and O–H groups in total. The Kier molecular flexibility index (Phi) is 8.35. The third-order valence-corrected chi connectivity index (χ3v) is 5.55. The molecule has 0 fully saturated rings. The molecule has 10 heteroatoms. The summed E-state index contributed by atoms with van der Waals surface area (Å²) >= 11 is 0. The molecule has 1 amide bonds. The van der Waals surface area contributed by atoms with Gasteiger partial charge in [-0.05, 0) is 63.6 Å². The summed E-state index contributed by atoms with van der Waals surface area (Å²) in [4.78, 5) is 28.3. The molecule has 168 valence electrons. The second kappa shape index (κ2) is 9.88. The summed E-state index contributed by atoms with van der Waals surface area (Å²) in [5.74, 6) is -0.850. The lowest BCUT2D eigenvalue weighted by molar-refractivity contribution is -0.146. The number of amides is 1. The fourth-order valence-corrected chi connectivity index (χ4v) is 3.48. The quantitative estimate of drug-likeness (QED) is 0.242. The van der Waals surface area contributed by atoms with Crippen LogP contribution < -0.4 is 21.5 Å². The van der Waals surface area contributed by atoms with Crippen molar-refractivity contribution in [2.24, 2.45) is 16.5 Å². The minimum absolute atomic E-state index is 0. The molecule has 0 saturated carbocycles. The monoisotopic (exact) mass is 442 g/mol. The molecule has 0 aromatic heterocycles. The first-order chi connectivity index (χ1) is 13.5. The number of benzene rings is 1. The van der Waals surface area contributed by atoms with Gasteiger partial charge in [-0.2, -0.15) is 0 Å². The van der Waals surface area contributed by atoms with Crippen LogP contribution in [0.3, 0.4) is 0 Å². The molecule has 1 aromatic rings. The van der Waals surface area contributed by atoms with Crippen molar-refractivity contribution in [2.45, 2.75) is 65.0 Å². The summed E-state index contributed by atoms with van der Waals surface area (Å²) in [6, 6.07) is -1.07. The molecular formula is C20H31ClN4O5. The number of guanidine groups is 1. The predicted molar refractivity (Wildman–Crippen MR) is 116 cm³/mol. The van der Waals surface area contributed by atoms with Gasteiger partial charge in [-0.25, -0.2) is 4.79 Å². The van der Waals surface area contributed by atoms with Crippen LogP contribution in [0.25, 0.3) is 0 Å². The fourth-order valence-electron chi connectivity index (χ4n) is 3.48. The van der Waals surface area contributed by atoms with E-state index >= 15 is 0 Å². The van der Waals surface area contributed by atoms with E-state index in [1.807, 2.05) is 13.8 Å². The first-order valence-electron chi connectivity index (χ1n) is 9.57. The number of nitrogens with one attached hydrogen (secondary N) is 1. The van der Waals surface area contributed by atoms with Gasteiger partial charge in [0.05, 0.1) is 0 Å². The average Bonchev–Trinajstić information content (AvgIpc) is 2.66. The first kappa shape index (κ1) is 25.4. The van der Waals surface area contributed by atoms with Gasteiger partial charge in [0.25, 0.3) is 5.91 Å². The molecule has 30 heavy (non-hydrogen) atoms. The topological polar surface area (TPSA) is 160 Å². The number of carbonyl (C=O) groups excluding carboxylic acids is 1. The molecule has 0 bridgehead atoms. The number of hydrogen-bond donors (Lipinski definition) is 5. The lowest BCUT2D eigenvalue weighted by Crippen LogP contribution is -2.55. The molecule has 9 nitrogen and oxygen atoms in total. The van der Waals surface area contributed by atoms with Crippen molar-refractivity contribution >= 4 is 30.2 Å². The van der Waals surface area contributed by atoms with Crippen LogP contribution in [0.4, 0.5) is 0 Å². The zero-order valence-corrected chi connectivity index (χ0v) is 18.6. The highest BCUT2D eigenvalue weighted by molar-refractivity contribution is 5.89. The van der Waals surface area contributed by atoms with E-state index in [1.165, 1.54) is 0 Å². The molecule has 1 aliphatic rings. The van der Waals surface area contributed by atoms with Crippen molar-refractivity contribution in [3.63, 3.8) is 0 Å². The van der Waals surface area contributed by atoms with E-state index in [0.717, 1.165) is 16.7 Å². The smallest absolute Gasteiger partial charge is 0.326 e. The number of aliphatic carboxylic acids is 1. The van der Waals surface area contributed by atoms with Gasteiger partial charge in [-0.15, -0.1) is 12.4 Å². The fraction of sp³-hybridized carbons (Fsp3) is 0.550. The lowest BCUT2D eigenvalue weighted by atomic mass is 9.86. The van der Waals surface area contributed by atoms with E-state index in [2.05, 4.69) is 10.3 Å². The van der Waals surface area contributed by atoms with E-state index in [1.54, 1.807) is 13.8 Å². The maximum atomic E-state index is 12.9. The number of phenolic OH excluding ortho intramolecular Hbond substituents is 1. The van der Waals surface area contributed by atoms with Crippen LogP contribution in [-0.4, -0.2) is 46.2 Å². The average molecular weight is 443 g/mol. The zero-order valence-electron chi connectivity index (χ0n) is 17.7. The summed E-state index contributed by atoms with van der Waals surface area (Å²) in [6.45, 7) is 7.39. The minimum atomic E-state index is -1.21. The Balaban J connectivity index is 0.00000450. The van der Waals surface area contributed by atoms with Crippen LogP contribution in [-0.2, 0) is 16.0 Å². The number of nitrogens with two attached hydrogens (primary N) is 2. The van der Waals surface area contributed by atoms with Crippen LogP contribution >= 0.6 is 12.4 Å². The maximum absolute atomic E-state index is 12.9. The number of nitrogens with zero attached hydrogens (tertiary/aromatic N) is 1. The molecule has 1 aromatic carbocycles. The van der Waals surface area contributed by atoms with Gasteiger partial charge in [0.1, 0.15) is 17.5 Å². The summed E-state index contributed by atoms with van der Waals surface area (Å²) in [5, 5.41) is 22.3. The molecule has 2 atom stereocenters. The highest BCUT2D eigenvalue weighted by atomic mass is 35.5. The Bertz CT molecular complexity index is 854. The number of carboxylic acids is 1. The number of rotatable bonds is 7. The number of halogens is 1. The molecule has 1 heterocycles. The third-order valence-electron chi connectivity index (χ3n) is 5.55. The van der Waals surface area contributed by atoms with E-state index in [-0.39, 0.29) is 37.1 Å². The minimum Gasteiger partial charge on any atom is -0.507 e. The zero-order chi connectivity index (χ0) is 21.9. The molecule has 0 radical (unpaired) electrons. The van der Waals surface area contributed by atoms with Crippen molar-refractivity contribution in [3.8, 4) is 11.5 Å². The molecule has 0 saturated heterocycles. The van der Waals surface area contributed by atoms with E-state index in [0.29, 0.717) is 30.6 Å². The largest absolute Gasteiger partial charge is 0.507 e. The molecule has 2 unspecified atom stereocenters. The second-order valence-corrected chi connectivity index (χ2v) is 7.68. The summed E-state index contributed by atoms with van der Waals surface area (Å²) in [7, 11) is 0. The second-order valence-electron chi connectivity index (χ2n) is 7.68. The van der Waals surface area contributed by atoms with Gasteiger partial charge in [0.2, 0.25) is 0 Å². The van der Waals surface area contributed by atoms with E-state index < -0.39 is 23.5 Å². The van der Waals surface area contributed by atoms with Crippen molar-refractivity contribution in [3.05, 3.63) is 22.3 Å². The number of ether oxygens (including phenoxy) is 1. The van der Waals surface area contributed by atoms with Crippen LogP contribution in [0.15, 0.2) is 4.99 Å². The van der Waals surface area contributed by atoms with Gasteiger partial charge in [0.15, 0.2) is 11.6 Å². The van der Waals surface area contributed by atoms with Crippen molar-refractivity contribution < 1.29 is 24.5 Å². The Morgan fingerprint density at radius 2 is 1.87 bits per heavy atom. The first-order valence-corrected chi connectivity index (χ1v) is 9.57. The Morgan fingerprint density at radius 1 is 1.23 bits per heavy atom. The number of carbonyl (C=O) groups is 2. The van der Waals surface area contributed by atoms with Crippen molar-refractivity contribution in [1.82, 2.24) is 5.32 Å². The number of phenols is 1. The van der Waals surface area contributed by atoms with Crippen molar-refractivity contribution in [2.75, 3.05) is 6.54 Å². The number of hydrogen-bond acceptors (Lipinski definition) is 5. The third kappa shape index (κ3) is 5.27. The summed E-state index contributed by atoms with van der Waals surface area (Å²) < 4.78 is 6.10. The van der Waals surface area contributed by atoms with Gasteiger partial charge in [-0.3, -0.25) is 9.79 Å². The predicted octanol–water partition coefficient (Wildman–Crippen LogP) is 1.45. The number of aliphatic imine (C=N–C) groups is 1. The van der Waals surface area contributed by atoms with Gasteiger partial charge < -0.3 is 31.7 Å². The lowest BCUT2D eigenvalue weighted by Gasteiger charge is -2.37. The van der Waals surface area contributed by atoms with Crippen LogP contribution in [0.2, 0.25) is 0 Å². The van der Waals surface area contributed by atoms with Crippen LogP contribution in [0.5, 0.6) is 11.5 Å². The Morgan fingerprint density at radius 3 is 2.43 bits per heavy atom. The van der Waals surface area contributed by atoms with Crippen LogP contribution in [0, 0.1) is 20.8 Å². The maximum Gasteiger partial charge on any atom is 0.326 e. The Hall–Kier alpha value is -2.68. The van der Waals surface area contributed by atoms with E-state index in [9.17, 15) is 19.8 Å². The van der Waals surface area contributed by atoms with Gasteiger partial charge >= 0.3 is 5.97 Å². The highest BCUT2D eigenvalue weighted by Gasteiger charge is 2.42. The number of aromatic hydroxyl groups is 1. The number of fused-ring (bicyclic) bond motifs is 1. The molecular weight excluding hydrogens is 412 g/mol. The highest BCUT2D eigenvalue weighted by Crippen LogP contribution is 2.43. The van der Waals surface area contributed by atoms with Crippen molar-refractivity contribution in [1.29, 1.82) is 0 Å². The Labute approximate surface area is 182 Å². The van der Waals surface area contributed by atoms with Crippen LogP contribution in [0.1, 0.15) is 48.4 Å². The van der Waals surface area contributed by atoms with E-state index in [4.69, 9.17) is 16.2 Å². The summed E-state index contributed by atoms with van der Waals surface area (Å²) in [6.07, 6.45) is 1.51. The molecule has 0 aliphatic carbocycles. The standard InChI is InChI=1S/C20H30N4O5.ClH/c1-10-11(2)16-13(12(3)15(10)25)7-8-20(4,29-16)18(28)24-14(17(26)27)6-5-9-23-19(21)22;/h14,25H,5-9H2,1-4H3,(H,24,28)(H,26,27)(H4,21,22,23);1H. The van der Waals surface area contributed by atoms with Gasteiger partial charge in [0, 0.05) is 18.5 Å². The number of carboxylic acid groups (broad SMARTS) is 1. The molecule has 1 aliphatic heterocycles. The van der Waals surface area contributed by atoms with Gasteiger partial charge in [-0.1, -0.05) is 0 Å². The normalized spacial score (nSPS) is 18.3.